The summed E-state index contributed by atoms with van der Waals surface area (Å²) in [5.41, 5.74) is 2.44. The molecule has 2 aromatic rings. The fourth-order valence-electron chi connectivity index (χ4n) is 4.81. The molecule has 0 aromatic heterocycles. The second kappa shape index (κ2) is 13.3. The van der Waals surface area contributed by atoms with Crippen LogP contribution in [0.2, 0.25) is 0 Å². The highest BCUT2D eigenvalue weighted by Gasteiger charge is 2.34. The van der Waals surface area contributed by atoms with Crippen LogP contribution in [-0.2, 0) is 34.8 Å². The van der Waals surface area contributed by atoms with Gasteiger partial charge in [-0.05, 0) is 70.7 Å². The zero-order valence-electron chi connectivity index (χ0n) is 21.8. The Bertz CT molecular complexity index is 1430. The van der Waals surface area contributed by atoms with Gasteiger partial charge < -0.3 is 19.9 Å². The monoisotopic (exact) mass is 630 g/mol. The molecule has 9 nitrogen and oxygen atoms in total. The number of carboxylic acids is 1. The quantitative estimate of drug-likeness (QED) is 0.262. The van der Waals surface area contributed by atoms with Crippen molar-refractivity contribution in [3.8, 4) is 0 Å². The Morgan fingerprint density at radius 3 is 2.52 bits per heavy atom. The zero-order valence-corrected chi connectivity index (χ0v) is 24.2. The average molecular weight is 632 g/mol. The number of hydrogen-bond acceptors (Lipinski definition) is 7. The molecule has 11 heteroatoms. The molecule has 212 valence electrons. The second-order valence-corrected chi connectivity index (χ2v) is 12.1. The number of aliphatic carboxylic acids is 1. The van der Waals surface area contributed by atoms with Gasteiger partial charge in [-0.3, -0.25) is 4.31 Å². The van der Waals surface area contributed by atoms with E-state index in [1.165, 1.54) is 10.4 Å². The average Bonchev–Trinajstić information content (AvgIpc) is 3.28. The number of piperidine rings is 1. The summed E-state index contributed by atoms with van der Waals surface area (Å²) in [6, 6.07) is 15.9. The summed E-state index contributed by atoms with van der Waals surface area (Å²) < 4.78 is 40.1. The fraction of sp³-hybridized carbons (Fsp3) is 0.310. The van der Waals surface area contributed by atoms with E-state index in [4.69, 9.17) is 9.47 Å². The van der Waals surface area contributed by atoms with Gasteiger partial charge in [0.25, 0.3) is 0 Å². The van der Waals surface area contributed by atoms with Crippen LogP contribution in [0, 0.1) is 0 Å². The lowest BCUT2D eigenvalue weighted by atomic mass is 10.0. The van der Waals surface area contributed by atoms with Gasteiger partial charge in [0, 0.05) is 12.5 Å². The van der Waals surface area contributed by atoms with Crippen molar-refractivity contribution >= 4 is 49.2 Å². The molecule has 40 heavy (non-hydrogen) atoms. The summed E-state index contributed by atoms with van der Waals surface area (Å²) in [5, 5.41) is 13.1. The summed E-state index contributed by atoms with van der Waals surface area (Å²) in [4.78, 5) is 24.0. The van der Waals surface area contributed by atoms with E-state index >= 15 is 0 Å². The molecule has 0 saturated carbocycles. The van der Waals surface area contributed by atoms with Gasteiger partial charge in [-0.15, -0.1) is 0 Å². The topological polar surface area (TPSA) is 122 Å². The van der Waals surface area contributed by atoms with Gasteiger partial charge in [0.2, 0.25) is 10.0 Å². The van der Waals surface area contributed by atoms with E-state index in [-0.39, 0.29) is 36.2 Å². The molecular weight excluding hydrogens is 600 g/mol. The maximum Gasteiger partial charge on any atom is 0.344 e. The summed E-state index contributed by atoms with van der Waals surface area (Å²) >= 11 is 3.47. The van der Waals surface area contributed by atoms with Crippen LogP contribution in [0.25, 0.3) is 5.57 Å². The van der Waals surface area contributed by atoms with Gasteiger partial charge in [-0.25, -0.2) is 18.0 Å². The highest BCUT2D eigenvalue weighted by atomic mass is 79.9. The van der Waals surface area contributed by atoms with Crippen molar-refractivity contribution in [3.63, 3.8) is 0 Å². The molecule has 0 unspecified atom stereocenters. The maximum atomic E-state index is 13.8. The number of nitrogens with zero attached hydrogens (tertiary/aromatic N) is 1. The van der Waals surface area contributed by atoms with Gasteiger partial charge >= 0.3 is 11.9 Å². The van der Waals surface area contributed by atoms with Gasteiger partial charge in [-0.2, -0.15) is 0 Å². The number of rotatable bonds is 12. The normalized spacial score (nSPS) is 16.1. The molecule has 1 aliphatic carbocycles. The van der Waals surface area contributed by atoms with Gasteiger partial charge in [0.1, 0.15) is 12.4 Å². The van der Waals surface area contributed by atoms with Crippen molar-refractivity contribution in [1.29, 1.82) is 0 Å². The molecular formula is C29H31BrN2O7S. The number of allylic oxidation sites excluding steroid dienone is 2. The van der Waals surface area contributed by atoms with E-state index in [2.05, 4.69) is 27.8 Å². The van der Waals surface area contributed by atoms with E-state index in [0.717, 1.165) is 0 Å². The minimum atomic E-state index is -3.75. The summed E-state index contributed by atoms with van der Waals surface area (Å²) in [6.45, 7) is 4.45. The van der Waals surface area contributed by atoms with E-state index in [0.29, 0.717) is 52.8 Å². The summed E-state index contributed by atoms with van der Waals surface area (Å²) in [5.74, 6) is -1.94. The van der Waals surface area contributed by atoms with Crippen molar-refractivity contribution in [1.82, 2.24) is 5.32 Å². The van der Waals surface area contributed by atoms with Gasteiger partial charge in [0.15, 0.2) is 6.61 Å². The van der Waals surface area contributed by atoms with Crippen molar-refractivity contribution in [3.05, 3.63) is 94.2 Å². The molecule has 1 heterocycles. The Labute approximate surface area is 242 Å². The number of anilines is 1. The molecule has 0 amide bonds. The Balaban J connectivity index is 1.66. The van der Waals surface area contributed by atoms with Crippen molar-refractivity contribution < 1.29 is 32.6 Å². The fourth-order valence-corrected chi connectivity index (χ4v) is 7.38. The molecule has 1 fully saturated rings. The Kier molecular flexibility index (Phi) is 9.83. The maximum absolute atomic E-state index is 13.8. The van der Waals surface area contributed by atoms with Crippen molar-refractivity contribution in [2.75, 3.05) is 30.6 Å². The number of sulfonamides is 1. The minimum absolute atomic E-state index is 0.0167. The lowest BCUT2D eigenvalue weighted by molar-refractivity contribution is -0.146. The van der Waals surface area contributed by atoms with Crippen LogP contribution in [-0.4, -0.2) is 57.8 Å². The van der Waals surface area contributed by atoms with Crippen LogP contribution in [0.4, 0.5) is 5.69 Å². The number of carbonyl (C=O) groups excluding carboxylic acids is 1. The molecule has 4 rings (SSSR count). The standard InChI is InChI=1S/C29H31BrN2O7S/c1-2-15-38-26(33)18-39-28-25(29(34)35)17-24(27(28)30)21-9-6-10-23(16-21)32(22-11-13-31-14-12-22)40(36,37)19-20-7-4-3-5-8-20/h2-10,16,22,31H,1,11-15,17-19H2,(H,34,35). The first-order valence-corrected chi connectivity index (χ1v) is 15.2. The van der Waals surface area contributed by atoms with E-state index in [1.807, 2.05) is 18.2 Å². The Morgan fingerprint density at radius 2 is 1.85 bits per heavy atom. The second-order valence-electron chi connectivity index (χ2n) is 9.41. The number of ether oxygens (including phenoxy) is 2. The molecule has 0 spiro atoms. The molecule has 0 bridgehead atoms. The molecule has 2 N–H and O–H groups in total. The van der Waals surface area contributed by atoms with Crippen molar-refractivity contribution in [2.45, 2.75) is 31.1 Å². The lowest BCUT2D eigenvalue weighted by Gasteiger charge is -2.35. The van der Waals surface area contributed by atoms with E-state index in [9.17, 15) is 23.1 Å². The van der Waals surface area contributed by atoms with Crippen molar-refractivity contribution in [2.24, 2.45) is 0 Å². The van der Waals surface area contributed by atoms with Gasteiger partial charge in [-0.1, -0.05) is 55.1 Å². The number of halogens is 1. The number of carboxylic acid groups (broad SMARTS) is 1. The first kappa shape index (κ1) is 29.6. The predicted octanol–water partition coefficient (Wildman–Crippen LogP) is 4.37. The third-order valence-electron chi connectivity index (χ3n) is 6.63. The predicted molar refractivity (Wildman–Crippen MR) is 156 cm³/mol. The van der Waals surface area contributed by atoms with E-state index in [1.54, 1.807) is 36.4 Å². The molecule has 2 aliphatic rings. The highest BCUT2D eigenvalue weighted by Crippen LogP contribution is 2.43. The molecule has 1 aliphatic heterocycles. The van der Waals surface area contributed by atoms with Crippen LogP contribution in [0.1, 0.15) is 30.4 Å². The number of hydrogen-bond donors (Lipinski definition) is 2. The Morgan fingerprint density at radius 1 is 1.12 bits per heavy atom. The highest BCUT2D eigenvalue weighted by molar-refractivity contribution is 9.12. The minimum Gasteiger partial charge on any atom is -0.480 e. The first-order valence-electron chi connectivity index (χ1n) is 12.8. The third-order valence-corrected chi connectivity index (χ3v) is 9.27. The smallest absolute Gasteiger partial charge is 0.344 e. The van der Waals surface area contributed by atoms with E-state index < -0.39 is 28.6 Å². The number of esters is 1. The molecule has 1 saturated heterocycles. The zero-order chi connectivity index (χ0) is 28.7. The molecule has 2 aromatic carbocycles. The molecule has 0 atom stereocenters. The summed E-state index contributed by atoms with van der Waals surface area (Å²) in [6.07, 6.45) is 2.77. The SMILES string of the molecule is C=CCOC(=O)COC1=C(C(=O)O)CC(c2cccc(N(C3CCNCC3)S(=O)(=O)Cc3ccccc3)c2)=C1Br. The van der Waals surface area contributed by atoms with Gasteiger partial charge in [0.05, 0.1) is 21.5 Å². The third kappa shape index (κ3) is 7.01. The molecule has 0 radical (unpaired) electrons. The summed E-state index contributed by atoms with van der Waals surface area (Å²) in [7, 11) is -3.75. The lowest BCUT2D eigenvalue weighted by Crippen LogP contribution is -2.46. The number of benzene rings is 2. The van der Waals surface area contributed by atoms with Crippen LogP contribution in [0.5, 0.6) is 0 Å². The first-order chi connectivity index (χ1) is 19.2. The largest absolute Gasteiger partial charge is 0.480 e. The van der Waals surface area contributed by atoms with Crippen LogP contribution in [0.15, 0.2) is 83.1 Å². The van der Waals surface area contributed by atoms with Crippen LogP contribution < -0.4 is 9.62 Å². The number of carbonyl (C=O) groups is 2. The Hall–Kier alpha value is -3.41. The van der Waals surface area contributed by atoms with Crippen LogP contribution >= 0.6 is 15.9 Å². The number of nitrogens with one attached hydrogen (secondary N) is 1. The van der Waals surface area contributed by atoms with Crippen LogP contribution in [0.3, 0.4) is 0 Å².